The van der Waals surface area contributed by atoms with Crippen LogP contribution in [0.25, 0.3) is 0 Å². The lowest BCUT2D eigenvalue weighted by atomic mass is 10.1. The molecule has 0 aliphatic heterocycles. The number of hydrogen-bond donors (Lipinski definition) is 1. The third-order valence-corrected chi connectivity index (χ3v) is 2.80. The van der Waals surface area contributed by atoms with E-state index in [1.54, 1.807) is 13.3 Å². The van der Waals surface area contributed by atoms with Crippen LogP contribution in [0.3, 0.4) is 0 Å². The van der Waals surface area contributed by atoms with E-state index in [-0.39, 0.29) is 0 Å². The van der Waals surface area contributed by atoms with Crippen molar-refractivity contribution in [2.24, 2.45) is 0 Å². The van der Waals surface area contributed by atoms with Gasteiger partial charge >= 0.3 is 0 Å². The summed E-state index contributed by atoms with van der Waals surface area (Å²) in [5, 5.41) is 12.2. The summed E-state index contributed by atoms with van der Waals surface area (Å²) in [6.45, 7) is 1.22. The van der Waals surface area contributed by atoms with Gasteiger partial charge in [-0.3, -0.25) is 0 Å². The minimum Gasteiger partial charge on any atom is -0.380 e. The van der Waals surface area contributed by atoms with Gasteiger partial charge in [-0.1, -0.05) is 24.3 Å². The molecule has 0 bridgehead atoms. The first-order valence-electron chi connectivity index (χ1n) is 6.00. The molecule has 0 radical (unpaired) electrons. The Hall–Kier alpha value is -2.38. The Bertz CT molecular complexity index is 590. The lowest BCUT2D eigenvalue weighted by Gasteiger charge is -2.11. The maximum Gasteiger partial charge on any atom is 0.163 e. The Morgan fingerprint density at radius 2 is 2.00 bits per heavy atom. The van der Waals surface area contributed by atoms with Crippen molar-refractivity contribution in [2.75, 3.05) is 12.4 Å². The van der Waals surface area contributed by atoms with Crippen LogP contribution >= 0.6 is 0 Å². The highest BCUT2D eigenvalue weighted by atomic mass is 16.5. The Balaban J connectivity index is 2.13. The van der Waals surface area contributed by atoms with E-state index in [1.807, 2.05) is 36.4 Å². The van der Waals surface area contributed by atoms with Crippen LogP contribution in [0, 0.1) is 11.3 Å². The highest BCUT2D eigenvalue weighted by Gasteiger charge is 2.04. The number of ether oxygens (including phenoxy) is 1. The first-order valence-corrected chi connectivity index (χ1v) is 6.00. The number of benzene rings is 1. The molecule has 1 N–H and O–H groups in total. The molecule has 4 heteroatoms. The van der Waals surface area contributed by atoms with Gasteiger partial charge in [-0.05, 0) is 23.3 Å². The topological polar surface area (TPSA) is 57.9 Å². The van der Waals surface area contributed by atoms with Crippen molar-refractivity contribution in [3.05, 3.63) is 59.4 Å². The number of nitrogens with zero attached hydrogens (tertiary/aromatic N) is 2. The summed E-state index contributed by atoms with van der Waals surface area (Å²) < 4.78 is 5.17. The molecule has 2 aromatic rings. The highest BCUT2D eigenvalue weighted by molar-refractivity contribution is 5.53. The van der Waals surface area contributed by atoms with Gasteiger partial charge in [-0.2, -0.15) is 5.26 Å². The van der Waals surface area contributed by atoms with E-state index in [2.05, 4.69) is 16.4 Å². The summed E-state index contributed by atoms with van der Waals surface area (Å²) in [6, 6.07) is 13.8. The summed E-state index contributed by atoms with van der Waals surface area (Å²) in [7, 11) is 1.68. The van der Waals surface area contributed by atoms with Crippen LogP contribution in [0.5, 0.6) is 0 Å². The minimum atomic E-state index is 0.409. The predicted molar refractivity (Wildman–Crippen MR) is 73.4 cm³/mol. The number of nitriles is 1. The van der Waals surface area contributed by atoms with Gasteiger partial charge in [0.05, 0.1) is 12.3 Å². The van der Waals surface area contributed by atoms with E-state index in [0.29, 0.717) is 18.8 Å². The lowest BCUT2D eigenvalue weighted by molar-refractivity contribution is 0.184. The first kappa shape index (κ1) is 13.1. The van der Waals surface area contributed by atoms with Gasteiger partial charge in [-0.15, -0.1) is 0 Å². The number of pyridine rings is 1. The van der Waals surface area contributed by atoms with Crippen LogP contribution in [-0.2, 0) is 17.9 Å². The zero-order valence-electron chi connectivity index (χ0n) is 10.8. The van der Waals surface area contributed by atoms with E-state index < -0.39 is 0 Å². The Kier molecular flexibility index (Phi) is 4.49. The lowest BCUT2D eigenvalue weighted by Crippen LogP contribution is -2.05. The number of anilines is 1. The number of rotatable bonds is 5. The second-order valence-electron chi connectivity index (χ2n) is 4.07. The fourth-order valence-electron chi connectivity index (χ4n) is 1.85. The molecule has 0 saturated carbocycles. The van der Waals surface area contributed by atoms with Gasteiger partial charge in [0, 0.05) is 19.9 Å². The molecular formula is C15H15N3O. The maximum absolute atomic E-state index is 8.98. The summed E-state index contributed by atoms with van der Waals surface area (Å²) in [6.07, 6.45) is 1.61. The highest BCUT2D eigenvalue weighted by Crippen LogP contribution is 2.15. The van der Waals surface area contributed by atoms with Crippen LogP contribution in [0.2, 0.25) is 0 Å². The molecule has 0 atom stereocenters. The van der Waals surface area contributed by atoms with Crippen molar-refractivity contribution in [1.29, 1.82) is 5.26 Å². The Morgan fingerprint density at radius 1 is 1.21 bits per heavy atom. The van der Waals surface area contributed by atoms with Crippen molar-refractivity contribution in [3.8, 4) is 6.07 Å². The second kappa shape index (κ2) is 6.53. The van der Waals surface area contributed by atoms with Crippen LogP contribution in [0.4, 0.5) is 5.69 Å². The molecule has 19 heavy (non-hydrogen) atoms. The molecule has 0 saturated heterocycles. The van der Waals surface area contributed by atoms with Gasteiger partial charge in [0.25, 0.3) is 0 Å². The molecule has 0 aliphatic carbocycles. The van der Waals surface area contributed by atoms with Crippen LogP contribution in [-0.4, -0.2) is 12.1 Å². The zero-order valence-corrected chi connectivity index (χ0v) is 10.8. The van der Waals surface area contributed by atoms with Crippen LogP contribution in [0.1, 0.15) is 16.8 Å². The van der Waals surface area contributed by atoms with E-state index in [0.717, 1.165) is 16.8 Å². The first-order chi connectivity index (χ1) is 9.35. The maximum atomic E-state index is 8.98. The largest absolute Gasteiger partial charge is 0.380 e. The summed E-state index contributed by atoms with van der Waals surface area (Å²) in [5.74, 6) is 0. The average Bonchev–Trinajstić information content (AvgIpc) is 2.47. The monoisotopic (exact) mass is 253 g/mol. The summed E-state index contributed by atoms with van der Waals surface area (Å²) in [5.41, 5.74) is 3.45. The molecule has 1 aromatic heterocycles. The fourth-order valence-corrected chi connectivity index (χ4v) is 1.85. The minimum absolute atomic E-state index is 0.409. The molecule has 0 unspecified atom stereocenters. The Morgan fingerprint density at radius 3 is 2.74 bits per heavy atom. The average molecular weight is 253 g/mol. The molecular weight excluding hydrogens is 238 g/mol. The van der Waals surface area contributed by atoms with Gasteiger partial charge in [0.1, 0.15) is 6.07 Å². The van der Waals surface area contributed by atoms with Gasteiger partial charge in [-0.25, -0.2) is 4.98 Å². The number of aromatic nitrogens is 1. The zero-order chi connectivity index (χ0) is 13.5. The predicted octanol–water partition coefficient (Wildman–Crippen LogP) is 2.71. The molecule has 4 nitrogen and oxygen atoms in total. The molecule has 96 valence electrons. The summed E-state index contributed by atoms with van der Waals surface area (Å²) >= 11 is 0. The number of nitrogens with one attached hydrogen (secondary N) is 1. The van der Waals surface area contributed by atoms with Gasteiger partial charge in [0.15, 0.2) is 5.69 Å². The van der Waals surface area contributed by atoms with E-state index >= 15 is 0 Å². The normalized spacial score (nSPS) is 9.89. The molecule has 0 amide bonds. The standard InChI is InChI=1S/C15H15N3O/c1-19-11-13-6-3-2-5-12(13)10-18-14-7-4-8-17-15(14)9-16/h2-8,18H,10-11H2,1H3. The smallest absolute Gasteiger partial charge is 0.163 e. The van der Waals surface area contributed by atoms with Gasteiger partial charge in [0.2, 0.25) is 0 Å². The SMILES string of the molecule is COCc1ccccc1CNc1cccnc1C#N. The Labute approximate surface area is 112 Å². The van der Waals surface area contributed by atoms with Crippen molar-refractivity contribution in [3.63, 3.8) is 0 Å². The quantitative estimate of drug-likeness (QED) is 0.890. The van der Waals surface area contributed by atoms with Crippen molar-refractivity contribution >= 4 is 5.69 Å². The van der Waals surface area contributed by atoms with Crippen LogP contribution < -0.4 is 5.32 Å². The summed E-state index contributed by atoms with van der Waals surface area (Å²) in [4.78, 5) is 4.02. The van der Waals surface area contributed by atoms with Gasteiger partial charge < -0.3 is 10.1 Å². The number of methoxy groups -OCH3 is 1. The molecule has 0 spiro atoms. The third kappa shape index (κ3) is 3.30. The van der Waals surface area contributed by atoms with E-state index in [4.69, 9.17) is 10.00 Å². The molecule has 1 heterocycles. The molecule has 2 rings (SSSR count). The molecule has 0 aliphatic rings. The third-order valence-electron chi connectivity index (χ3n) is 2.80. The molecule has 1 aromatic carbocycles. The van der Waals surface area contributed by atoms with Crippen molar-refractivity contribution < 1.29 is 4.74 Å². The van der Waals surface area contributed by atoms with Crippen LogP contribution in [0.15, 0.2) is 42.6 Å². The second-order valence-corrected chi connectivity index (χ2v) is 4.07. The van der Waals surface area contributed by atoms with E-state index in [9.17, 15) is 0 Å². The van der Waals surface area contributed by atoms with Crippen molar-refractivity contribution in [2.45, 2.75) is 13.2 Å². The fraction of sp³-hybridized carbons (Fsp3) is 0.200. The van der Waals surface area contributed by atoms with E-state index in [1.165, 1.54) is 0 Å². The number of hydrogen-bond acceptors (Lipinski definition) is 4. The van der Waals surface area contributed by atoms with Crippen molar-refractivity contribution in [1.82, 2.24) is 4.98 Å². The molecule has 0 fully saturated rings.